The molecule has 1 aliphatic rings. The molecule has 4 nitrogen and oxygen atoms in total. The molecule has 110 valence electrons. The van der Waals surface area contributed by atoms with Gasteiger partial charge in [-0.3, -0.25) is 4.98 Å². The quantitative estimate of drug-likeness (QED) is 0.922. The van der Waals surface area contributed by atoms with Crippen molar-refractivity contribution in [3.8, 4) is 0 Å². The summed E-state index contributed by atoms with van der Waals surface area (Å²) < 4.78 is 1.12. The number of nitrogens with one attached hydrogen (secondary N) is 1. The first-order valence-electron chi connectivity index (χ1n) is 7.19. The second-order valence-electron chi connectivity index (χ2n) is 5.50. The third-order valence-corrected chi connectivity index (χ3v) is 4.33. The van der Waals surface area contributed by atoms with Crippen LogP contribution in [0.1, 0.15) is 17.8 Å². The van der Waals surface area contributed by atoms with Gasteiger partial charge >= 0.3 is 0 Å². The van der Waals surface area contributed by atoms with Crippen molar-refractivity contribution >= 4 is 27.4 Å². The van der Waals surface area contributed by atoms with E-state index < -0.39 is 0 Å². The molecule has 1 aromatic carbocycles. The number of hydrogen-bond donors (Lipinski definition) is 1. The van der Waals surface area contributed by atoms with E-state index >= 15 is 0 Å². The number of aryl methyl sites for hydroxylation is 2. The van der Waals surface area contributed by atoms with Crippen molar-refractivity contribution in [2.24, 2.45) is 0 Å². The summed E-state index contributed by atoms with van der Waals surface area (Å²) in [6, 6.07) is 8.91. The summed E-state index contributed by atoms with van der Waals surface area (Å²) in [6.45, 7) is 6.03. The largest absolute Gasteiger partial charge is 0.369 e. The predicted molar refractivity (Wildman–Crippen MR) is 89.9 cm³/mol. The first-order valence-corrected chi connectivity index (χ1v) is 7.98. The van der Waals surface area contributed by atoms with Crippen LogP contribution in [-0.4, -0.2) is 29.1 Å². The molecule has 1 saturated heterocycles. The highest BCUT2D eigenvalue weighted by atomic mass is 79.9. The van der Waals surface area contributed by atoms with Crippen molar-refractivity contribution in [2.75, 3.05) is 23.3 Å². The van der Waals surface area contributed by atoms with Crippen molar-refractivity contribution in [3.63, 3.8) is 0 Å². The van der Waals surface area contributed by atoms with Crippen molar-refractivity contribution in [2.45, 2.75) is 26.3 Å². The minimum atomic E-state index is 0.420. The maximum atomic E-state index is 4.55. The van der Waals surface area contributed by atoms with Crippen LogP contribution in [-0.2, 0) is 0 Å². The van der Waals surface area contributed by atoms with Crippen LogP contribution in [0.2, 0.25) is 0 Å². The van der Waals surface area contributed by atoms with E-state index in [-0.39, 0.29) is 0 Å². The number of hydrogen-bond acceptors (Lipinski definition) is 4. The van der Waals surface area contributed by atoms with E-state index in [1.54, 1.807) is 0 Å². The maximum absolute atomic E-state index is 4.55. The Morgan fingerprint density at radius 1 is 1.24 bits per heavy atom. The lowest BCUT2D eigenvalue weighted by Gasteiger charge is -2.19. The van der Waals surface area contributed by atoms with Gasteiger partial charge in [0.15, 0.2) is 0 Å². The minimum Gasteiger partial charge on any atom is -0.369 e. The molecule has 1 N–H and O–H groups in total. The SMILES string of the molecule is Cc1cnc(C)c(NC2CCN(c3ccc(Br)cc3)C2)n1. The molecule has 2 aromatic rings. The van der Waals surface area contributed by atoms with E-state index in [1.807, 2.05) is 20.0 Å². The topological polar surface area (TPSA) is 41.1 Å². The lowest BCUT2D eigenvalue weighted by molar-refractivity contribution is 0.794. The van der Waals surface area contributed by atoms with Gasteiger partial charge in [0, 0.05) is 35.5 Å². The standard InChI is InChI=1S/C16H19BrN4/c1-11-9-18-12(2)16(19-11)20-14-7-8-21(10-14)15-5-3-13(17)4-6-15/h3-6,9,14H,7-8,10H2,1-2H3,(H,19,20). The van der Waals surface area contributed by atoms with Gasteiger partial charge in [0.25, 0.3) is 0 Å². The molecule has 1 unspecified atom stereocenters. The average Bonchev–Trinajstić information content (AvgIpc) is 2.92. The Kier molecular flexibility index (Phi) is 4.10. The number of benzene rings is 1. The van der Waals surface area contributed by atoms with Gasteiger partial charge in [-0.2, -0.15) is 0 Å². The maximum Gasteiger partial charge on any atom is 0.148 e. The Morgan fingerprint density at radius 2 is 2.00 bits per heavy atom. The summed E-state index contributed by atoms with van der Waals surface area (Å²) in [6.07, 6.45) is 2.93. The zero-order valence-electron chi connectivity index (χ0n) is 12.3. The van der Waals surface area contributed by atoms with E-state index in [2.05, 4.69) is 60.4 Å². The van der Waals surface area contributed by atoms with Crippen LogP contribution in [0.3, 0.4) is 0 Å². The Bertz CT molecular complexity index is 627. The van der Waals surface area contributed by atoms with Gasteiger partial charge in [0.05, 0.1) is 11.4 Å². The highest BCUT2D eigenvalue weighted by Gasteiger charge is 2.23. The second kappa shape index (κ2) is 6.02. The van der Waals surface area contributed by atoms with Gasteiger partial charge in [-0.25, -0.2) is 4.98 Å². The first-order chi connectivity index (χ1) is 10.1. The first kappa shape index (κ1) is 14.3. The number of halogens is 1. The molecule has 0 bridgehead atoms. The zero-order chi connectivity index (χ0) is 14.8. The summed E-state index contributed by atoms with van der Waals surface area (Å²) in [5.41, 5.74) is 3.18. The number of rotatable bonds is 3. The molecule has 2 heterocycles. The fourth-order valence-corrected chi connectivity index (χ4v) is 2.90. The van der Waals surface area contributed by atoms with Crippen LogP contribution in [0.4, 0.5) is 11.5 Å². The molecule has 0 saturated carbocycles. The Hall–Kier alpha value is -1.62. The highest BCUT2D eigenvalue weighted by molar-refractivity contribution is 9.10. The van der Waals surface area contributed by atoms with Gasteiger partial charge in [0.1, 0.15) is 5.82 Å². The summed E-state index contributed by atoms with van der Waals surface area (Å²) in [5, 5.41) is 3.54. The molecule has 3 rings (SSSR count). The smallest absolute Gasteiger partial charge is 0.148 e. The summed E-state index contributed by atoms with van der Waals surface area (Å²) in [4.78, 5) is 11.3. The summed E-state index contributed by atoms with van der Waals surface area (Å²) in [5.74, 6) is 0.914. The molecule has 0 spiro atoms. The van der Waals surface area contributed by atoms with Crippen LogP contribution in [0.15, 0.2) is 34.9 Å². The third-order valence-electron chi connectivity index (χ3n) is 3.80. The summed E-state index contributed by atoms with van der Waals surface area (Å²) >= 11 is 3.48. The van der Waals surface area contributed by atoms with Crippen LogP contribution >= 0.6 is 15.9 Å². The Balaban J connectivity index is 1.67. The minimum absolute atomic E-state index is 0.420. The van der Waals surface area contributed by atoms with E-state index in [0.29, 0.717) is 6.04 Å². The van der Waals surface area contributed by atoms with Crippen LogP contribution in [0, 0.1) is 13.8 Å². The highest BCUT2D eigenvalue weighted by Crippen LogP contribution is 2.24. The molecular formula is C16H19BrN4. The predicted octanol–water partition coefficient (Wildman–Crippen LogP) is 3.55. The molecule has 21 heavy (non-hydrogen) atoms. The number of nitrogens with zero attached hydrogens (tertiary/aromatic N) is 3. The van der Waals surface area contributed by atoms with Crippen LogP contribution in [0.5, 0.6) is 0 Å². The zero-order valence-corrected chi connectivity index (χ0v) is 13.9. The Labute approximate surface area is 133 Å². The van der Waals surface area contributed by atoms with Crippen molar-refractivity contribution in [1.29, 1.82) is 0 Å². The second-order valence-corrected chi connectivity index (χ2v) is 6.41. The third kappa shape index (κ3) is 3.35. The number of anilines is 2. The molecule has 1 atom stereocenters. The van der Waals surface area contributed by atoms with Gasteiger partial charge in [-0.1, -0.05) is 15.9 Å². The molecule has 0 aliphatic carbocycles. The fraction of sp³-hybridized carbons (Fsp3) is 0.375. The van der Waals surface area contributed by atoms with Gasteiger partial charge in [-0.15, -0.1) is 0 Å². The number of aromatic nitrogens is 2. The van der Waals surface area contributed by atoms with Gasteiger partial charge in [-0.05, 0) is 44.5 Å². The molecule has 1 aromatic heterocycles. The van der Waals surface area contributed by atoms with Crippen molar-refractivity contribution in [3.05, 3.63) is 46.3 Å². The Morgan fingerprint density at radius 3 is 2.76 bits per heavy atom. The van der Waals surface area contributed by atoms with E-state index in [4.69, 9.17) is 0 Å². The van der Waals surface area contributed by atoms with Crippen LogP contribution in [0.25, 0.3) is 0 Å². The molecule has 0 radical (unpaired) electrons. The van der Waals surface area contributed by atoms with Crippen LogP contribution < -0.4 is 10.2 Å². The lowest BCUT2D eigenvalue weighted by atomic mass is 10.2. The fourth-order valence-electron chi connectivity index (χ4n) is 2.63. The molecule has 1 fully saturated rings. The molecule has 0 amide bonds. The summed E-state index contributed by atoms with van der Waals surface area (Å²) in [7, 11) is 0. The normalized spacial score (nSPS) is 18.0. The molecular weight excluding hydrogens is 328 g/mol. The monoisotopic (exact) mass is 346 g/mol. The average molecular weight is 347 g/mol. The van der Waals surface area contributed by atoms with Gasteiger partial charge < -0.3 is 10.2 Å². The van der Waals surface area contributed by atoms with Crippen molar-refractivity contribution in [1.82, 2.24) is 9.97 Å². The lowest BCUT2D eigenvalue weighted by Crippen LogP contribution is -2.26. The van der Waals surface area contributed by atoms with E-state index in [9.17, 15) is 0 Å². The molecule has 5 heteroatoms. The van der Waals surface area contributed by atoms with Gasteiger partial charge in [0.2, 0.25) is 0 Å². The van der Waals surface area contributed by atoms with Crippen molar-refractivity contribution < 1.29 is 0 Å². The molecule has 1 aliphatic heterocycles. The van der Waals surface area contributed by atoms with E-state index in [1.165, 1.54) is 5.69 Å². The van der Waals surface area contributed by atoms with E-state index in [0.717, 1.165) is 41.2 Å².